The second-order valence-electron chi connectivity index (χ2n) is 7.35. The van der Waals surface area contributed by atoms with Crippen molar-refractivity contribution < 1.29 is 27.1 Å². The van der Waals surface area contributed by atoms with E-state index < -0.39 is 11.7 Å². The van der Waals surface area contributed by atoms with Gasteiger partial charge in [0.05, 0.1) is 12.1 Å². The molecule has 0 unspecified atom stereocenters. The zero-order chi connectivity index (χ0) is 22.0. The van der Waals surface area contributed by atoms with Crippen molar-refractivity contribution in [3.8, 4) is 5.75 Å². The molecular formula is C23H18F3NO4. The van der Waals surface area contributed by atoms with Crippen molar-refractivity contribution in [2.45, 2.75) is 32.4 Å². The zero-order valence-electron chi connectivity index (χ0n) is 16.3. The Morgan fingerprint density at radius 1 is 1.03 bits per heavy atom. The molecule has 0 bridgehead atoms. The maximum Gasteiger partial charge on any atom is 0.416 e. The molecule has 0 spiro atoms. The van der Waals surface area contributed by atoms with Crippen molar-refractivity contribution in [3.63, 3.8) is 0 Å². The van der Waals surface area contributed by atoms with E-state index in [1.54, 1.807) is 24.3 Å². The van der Waals surface area contributed by atoms with Crippen molar-refractivity contribution in [1.82, 2.24) is 4.90 Å². The van der Waals surface area contributed by atoms with Gasteiger partial charge < -0.3 is 9.15 Å². The van der Waals surface area contributed by atoms with Crippen LogP contribution in [-0.2, 0) is 32.4 Å². The topological polar surface area (TPSA) is 59.8 Å². The first kappa shape index (κ1) is 20.9. The number of carbonyl (C=O) groups excluding carboxylic acids is 1. The first-order valence-corrected chi connectivity index (χ1v) is 9.52. The number of halogens is 3. The average Bonchev–Trinajstić information content (AvgIpc) is 3.14. The maximum atomic E-state index is 12.9. The molecule has 160 valence electrons. The first-order chi connectivity index (χ1) is 14.8. The summed E-state index contributed by atoms with van der Waals surface area (Å²) in [6, 6.07) is 11.9. The summed E-state index contributed by atoms with van der Waals surface area (Å²) in [5.41, 5.74) is 1.78. The Kier molecular flexibility index (Phi) is 5.65. The van der Waals surface area contributed by atoms with Gasteiger partial charge in [-0.1, -0.05) is 30.3 Å². The third-order valence-corrected chi connectivity index (χ3v) is 5.06. The van der Waals surface area contributed by atoms with Crippen molar-refractivity contribution in [2.24, 2.45) is 0 Å². The molecule has 0 saturated heterocycles. The van der Waals surface area contributed by atoms with Crippen LogP contribution in [0.25, 0.3) is 0 Å². The van der Waals surface area contributed by atoms with Gasteiger partial charge in [-0.2, -0.15) is 13.2 Å². The number of aldehydes is 1. The number of carbonyl (C=O) groups is 1. The number of ether oxygens (including phenoxy) is 1. The van der Waals surface area contributed by atoms with E-state index in [2.05, 4.69) is 0 Å². The van der Waals surface area contributed by atoms with Crippen LogP contribution in [-0.4, -0.2) is 11.2 Å². The molecule has 1 aliphatic heterocycles. The van der Waals surface area contributed by atoms with Gasteiger partial charge >= 0.3 is 6.18 Å². The van der Waals surface area contributed by atoms with E-state index in [0.29, 0.717) is 36.5 Å². The molecule has 0 saturated carbocycles. The average molecular weight is 429 g/mol. The van der Waals surface area contributed by atoms with Gasteiger partial charge in [0.1, 0.15) is 24.9 Å². The molecule has 31 heavy (non-hydrogen) atoms. The number of rotatable bonds is 6. The standard InChI is InChI=1S/C23H18F3NO4/c24-23(25,26)19-6-5-17-9-27(10-18(17)7-19)11-20-8-21(29)22(14-30-20)31-13-16-3-1-15(12-28)2-4-16/h1-8,12,14H,9-11,13H2. The molecule has 2 heterocycles. The summed E-state index contributed by atoms with van der Waals surface area (Å²) in [7, 11) is 0. The van der Waals surface area contributed by atoms with Gasteiger partial charge in [0.2, 0.25) is 11.2 Å². The summed E-state index contributed by atoms with van der Waals surface area (Å²) in [6.45, 7) is 1.26. The molecule has 3 aromatic rings. The molecule has 0 amide bonds. The molecule has 0 fully saturated rings. The molecule has 1 aromatic heterocycles. The van der Waals surface area contributed by atoms with Gasteiger partial charge in [0.25, 0.3) is 0 Å². The van der Waals surface area contributed by atoms with E-state index in [9.17, 15) is 22.8 Å². The molecule has 4 rings (SSSR count). The van der Waals surface area contributed by atoms with Gasteiger partial charge in [0.15, 0.2) is 0 Å². The van der Waals surface area contributed by atoms with E-state index in [0.717, 1.165) is 23.5 Å². The fourth-order valence-electron chi connectivity index (χ4n) is 3.45. The Balaban J connectivity index is 1.38. The molecule has 2 aromatic carbocycles. The van der Waals surface area contributed by atoms with Gasteiger partial charge in [-0.3, -0.25) is 14.5 Å². The molecule has 0 radical (unpaired) electrons. The predicted molar refractivity (Wildman–Crippen MR) is 106 cm³/mol. The van der Waals surface area contributed by atoms with E-state index in [1.165, 1.54) is 24.5 Å². The Morgan fingerprint density at radius 3 is 2.45 bits per heavy atom. The fraction of sp³-hybridized carbons (Fsp3) is 0.217. The minimum absolute atomic E-state index is 0.0581. The number of alkyl halides is 3. The molecule has 8 heteroatoms. The molecular weight excluding hydrogens is 411 g/mol. The summed E-state index contributed by atoms with van der Waals surface area (Å²) in [5.74, 6) is 0.458. The second-order valence-corrected chi connectivity index (χ2v) is 7.35. The number of hydrogen-bond donors (Lipinski definition) is 0. The third-order valence-electron chi connectivity index (χ3n) is 5.06. The van der Waals surface area contributed by atoms with Gasteiger partial charge in [-0.25, -0.2) is 0 Å². The largest absolute Gasteiger partial charge is 0.482 e. The highest BCUT2D eigenvalue weighted by Gasteiger charge is 2.32. The van der Waals surface area contributed by atoms with Crippen LogP contribution < -0.4 is 10.2 Å². The lowest BCUT2D eigenvalue weighted by molar-refractivity contribution is -0.137. The first-order valence-electron chi connectivity index (χ1n) is 9.52. The van der Waals surface area contributed by atoms with Crippen LogP contribution in [0, 0.1) is 0 Å². The van der Waals surface area contributed by atoms with Crippen LogP contribution in [0.15, 0.2) is 64.0 Å². The van der Waals surface area contributed by atoms with Crippen LogP contribution >= 0.6 is 0 Å². The Hall–Kier alpha value is -3.39. The van der Waals surface area contributed by atoms with Crippen LogP contribution in [0.4, 0.5) is 13.2 Å². The van der Waals surface area contributed by atoms with Crippen LogP contribution in [0.2, 0.25) is 0 Å². The molecule has 0 aliphatic carbocycles. The van der Waals surface area contributed by atoms with Crippen molar-refractivity contribution in [2.75, 3.05) is 0 Å². The minimum Gasteiger partial charge on any atom is -0.482 e. The minimum atomic E-state index is -4.37. The molecule has 0 N–H and O–H groups in total. The summed E-state index contributed by atoms with van der Waals surface area (Å²) in [5, 5.41) is 0. The monoisotopic (exact) mass is 429 g/mol. The maximum absolute atomic E-state index is 12.9. The van der Waals surface area contributed by atoms with E-state index >= 15 is 0 Å². The van der Waals surface area contributed by atoms with Crippen molar-refractivity contribution in [1.29, 1.82) is 0 Å². The number of fused-ring (bicyclic) bond motifs is 1. The smallest absolute Gasteiger partial charge is 0.416 e. The Labute approximate surface area is 175 Å². The van der Waals surface area contributed by atoms with E-state index in [1.807, 2.05) is 4.90 Å². The zero-order valence-corrected chi connectivity index (χ0v) is 16.3. The summed E-state index contributed by atoms with van der Waals surface area (Å²) in [4.78, 5) is 24.9. The second kappa shape index (κ2) is 8.39. The SMILES string of the molecule is O=Cc1ccc(COc2coc(CN3Cc4ccc(C(F)(F)F)cc4C3)cc2=O)cc1. The highest BCUT2D eigenvalue weighted by molar-refractivity contribution is 5.74. The Morgan fingerprint density at radius 2 is 1.77 bits per heavy atom. The number of nitrogens with zero attached hydrogens (tertiary/aromatic N) is 1. The van der Waals surface area contributed by atoms with Gasteiger partial charge in [-0.15, -0.1) is 0 Å². The molecule has 5 nitrogen and oxygen atoms in total. The van der Waals surface area contributed by atoms with E-state index in [-0.39, 0.29) is 17.8 Å². The number of hydrogen-bond acceptors (Lipinski definition) is 5. The molecule has 1 aliphatic rings. The normalized spacial score (nSPS) is 13.8. The predicted octanol–water partition coefficient (Wildman–Crippen LogP) is 4.57. The summed E-state index contributed by atoms with van der Waals surface area (Å²) >= 11 is 0. The van der Waals surface area contributed by atoms with E-state index in [4.69, 9.17) is 9.15 Å². The van der Waals surface area contributed by atoms with Crippen LogP contribution in [0.1, 0.15) is 38.4 Å². The number of benzene rings is 2. The third kappa shape index (κ3) is 4.86. The molecule has 0 atom stereocenters. The van der Waals surface area contributed by atoms with Crippen molar-refractivity contribution >= 4 is 6.29 Å². The van der Waals surface area contributed by atoms with Crippen molar-refractivity contribution in [3.05, 3.63) is 98.6 Å². The lowest BCUT2D eigenvalue weighted by Gasteiger charge is -2.14. The Bertz CT molecular complexity index is 1150. The summed E-state index contributed by atoms with van der Waals surface area (Å²) in [6.07, 6.45) is -2.39. The van der Waals surface area contributed by atoms with Gasteiger partial charge in [-0.05, 0) is 28.8 Å². The fourth-order valence-corrected chi connectivity index (χ4v) is 3.45. The quantitative estimate of drug-likeness (QED) is 0.538. The lowest BCUT2D eigenvalue weighted by Crippen LogP contribution is -2.17. The van der Waals surface area contributed by atoms with Crippen LogP contribution in [0.3, 0.4) is 0 Å². The highest BCUT2D eigenvalue weighted by atomic mass is 19.4. The van der Waals surface area contributed by atoms with Gasteiger partial charge in [0, 0.05) is 24.7 Å². The van der Waals surface area contributed by atoms with Crippen LogP contribution in [0.5, 0.6) is 5.75 Å². The highest BCUT2D eigenvalue weighted by Crippen LogP contribution is 2.33. The summed E-state index contributed by atoms with van der Waals surface area (Å²) < 4.78 is 49.7. The lowest BCUT2D eigenvalue weighted by atomic mass is 10.1.